The molecule has 0 fully saturated rings. The normalized spacial score (nSPS) is 21.4. The number of allylic oxidation sites excluding steroid dienone is 2. The Bertz CT molecular complexity index is 971. The number of Topliss-reactive ketones (excluding diaryl/α,β-unsaturated/α-hetero) is 1. The van der Waals surface area contributed by atoms with Gasteiger partial charge < -0.3 is 19.9 Å². The first-order valence-corrected chi connectivity index (χ1v) is 9.57. The molecule has 1 aliphatic carbocycles. The fourth-order valence-corrected chi connectivity index (χ4v) is 4.32. The second kappa shape index (κ2) is 7.62. The molecule has 0 saturated carbocycles. The van der Waals surface area contributed by atoms with Crippen LogP contribution in [0.4, 0.5) is 0 Å². The van der Waals surface area contributed by atoms with E-state index in [4.69, 9.17) is 9.47 Å². The van der Waals surface area contributed by atoms with Crippen LogP contribution in [-0.4, -0.2) is 31.0 Å². The van der Waals surface area contributed by atoms with Crippen LogP contribution in [0.3, 0.4) is 0 Å². The molecule has 0 aromatic heterocycles. The van der Waals surface area contributed by atoms with Crippen LogP contribution in [0.1, 0.15) is 42.2 Å². The minimum Gasteiger partial charge on any atom is -0.502 e. The predicted molar refractivity (Wildman–Crippen MR) is 107 cm³/mol. The Morgan fingerprint density at radius 2 is 1.59 bits per heavy atom. The highest BCUT2D eigenvalue weighted by molar-refractivity contribution is 6.02. The van der Waals surface area contributed by atoms with E-state index in [9.17, 15) is 14.7 Å². The maximum atomic E-state index is 13.2. The summed E-state index contributed by atoms with van der Waals surface area (Å²) in [7, 11) is 2.90. The van der Waals surface area contributed by atoms with Gasteiger partial charge in [0, 0.05) is 30.0 Å². The van der Waals surface area contributed by atoms with Crippen LogP contribution < -0.4 is 14.8 Å². The fourth-order valence-electron chi connectivity index (χ4n) is 4.32. The van der Waals surface area contributed by atoms with Crippen LogP contribution in [0.5, 0.6) is 17.2 Å². The van der Waals surface area contributed by atoms with Crippen molar-refractivity contribution >= 4 is 11.7 Å². The van der Waals surface area contributed by atoms with E-state index in [1.54, 1.807) is 12.1 Å². The van der Waals surface area contributed by atoms with Crippen LogP contribution in [-0.2, 0) is 9.59 Å². The Balaban J connectivity index is 1.76. The van der Waals surface area contributed by atoms with Gasteiger partial charge in [0.15, 0.2) is 17.3 Å². The van der Waals surface area contributed by atoms with E-state index >= 15 is 0 Å². The summed E-state index contributed by atoms with van der Waals surface area (Å²) in [6.45, 7) is 0. The zero-order valence-electron chi connectivity index (χ0n) is 16.4. The van der Waals surface area contributed by atoms with Gasteiger partial charge in [-0.3, -0.25) is 9.59 Å². The molecular formula is C23H23NO5. The lowest BCUT2D eigenvalue weighted by molar-refractivity contribution is -0.122. The molecule has 0 radical (unpaired) electrons. The third-order valence-electron chi connectivity index (χ3n) is 5.71. The summed E-state index contributed by atoms with van der Waals surface area (Å²) in [6, 6.07) is 13.2. The molecule has 0 saturated heterocycles. The molecule has 150 valence electrons. The molecule has 6 heteroatoms. The number of rotatable bonds is 4. The topological polar surface area (TPSA) is 84.9 Å². The Morgan fingerprint density at radius 3 is 2.21 bits per heavy atom. The molecule has 2 aromatic rings. The quantitative estimate of drug-likeness (QED) is 0.832. The number of hydrogen-bond donors (Lipinski definition) is 2. The average molecular weight is 393 g/mol. The first-order chi connectivity index (χ1) is 14.0. The number of ketones is 1. The Kier molecular flexibility index (Phi) is 5.01. The van der Waals surface area contributed by atoms with Gasteiger partial charge in [-0.15, -0.1) is 0 Å². The van der Waals surface area contributed by atoms with E-state index in [1.165, 1.54) is 14.2 Å². The Hall–Kier alpha value is -3.28. The second-order valence-corrected chi connectivity index (χ2v) is 7.41. The van der Waals surface area contributed by atoms with E-state index in [1.807, 2.05) is 30.3 Å². The largest absolute Gasteiger partial charge is 0.502 e. The summed E-state index contributed by atoms with van der Waals surface area (Å²) in [5.74, 6) is -0.0442. The lowest BCUT2D eigenvalue weighted by Gasteiger charge is -2.34. The minimum absolute atomic E-state index is 0.0381. The third-order valence-corrected chi connectivity index (χ3v) is 5.71. The van der Waals surface area contributed by atoms with Crippen molar-refractivity contribution in [2.45, 2.75) is 31.1 Å². The predicted octanol–water partition coefficient (Wildman–Crippen LogP) is 3.41. The van der Waals surface area contributed by atoms with E-state index in [-0.39, 0.29) is 41.3 Å². The summed E-state index contributed by atoms with van der Waals surface area (Å²) in [5, 5.41) is 13.1. The van der Waals surface area contributed by atoms with Crippen LogP contribution in [0.25, 0.3) is 0 Å². The second-order valence-electron chi connectivity index (χ2n) is 7.41. The van der Waals surface area contributed by atoms with E-state index < -0.39 is 5.92 Å². The molecule has 2 N–H and O–H groups in total. The minimum atomic E-state index is -0.397. The smallest absolute Gasteiger partial charge is 0.225 e. The van der Waals surface area contributed by atoms with Crippen molar-refractivity contribution in [3.05, 3.63) is 64.9 Å². The molecule has 0 unspecified atom stereocenters. The van der Waals surface area contributed by atoms with Gasteiger partial charge in [-0.2, -0.15) is 0 Å². The van der Waals surface area contributed by atoms with Crippen molar-refractivity contribution in [1.29, 1.82) is 0 Å². The van der Waals surface area contributed by atoms with Crippen molar-refractivity contribution in [2.24, 2.45) is 0 Å². The molecular weight excluding hydrogens is 370 g/mol. The lowest BCUT2D eigenvalue weighted by atomic mass is 9.73. The van der Waals surface area contributed by atoms with Gasteiger partial charge in [-0.25, -0.2) is 0 Å². The number of aromatic hydroxyl groups is 1. The maximum absolute atomic E-state index is 13.2. The molecule has 0 spiro atoms. The number of methoxy groups -OCH3 is 2. The van der Waals surface area contributed by atoms with Gasteiger partial charge in [0.05, 0.1) is 14.2 Å². The molecule has 0 bridgehead atoms. The van der Waals surface area contributed by atoms with Crippen molar-refractivity contribution in [2.75, 3.05) is 14.2 Å². The zero-order valence-corrected chi connectivity index (χ0v) is 16.4. The Labute approximate surface area is 169 Å². The zero-order chi connectivity index (χ0) is 20.5. The number of ether oxygens (including phenoxy) is 2. The number of hydrogen-bond acceptors (Lipinski definition) is 5. The summed E-state index contributed by atoms with van der Waals surface area (Å²) in [4.78, 5) is 25.6. The van der Waals surface area contributed by atoms with E-state index in [2.05, 4.69) is 5.32 Å². The molecule has 29 heavy (non-hydrogen) atoms. The van der Waals surface area contributed by atoms with Crippen LogP contribution in [0.15, 0.2) is 53.7 Å². The molecule has 6 nitrogen and oxygen atoms in total. The van der Waals surface area contributed by atoms with Crippen molar-refractivity contribution < 1.29 is 24.2 Å². The monoisotopic (exact) mass is 393 g/mol. The first kappa shape index (κ1) is 19.1. The highest BCUT2D eigenvalue weighted by Crippen LogP contribution is 2.46. The summed E-state index contributed by atoms with van der Waals surface area (Å²) in [5.41, 5.74) is 3.15. The first-order valence-electron chi connectivity index (χ1n) is 9.57. The van der Waals surface area contributed by atoms with Gasteiger partial charge in [-0.1, -0.05) is 30.3 Å². The summed E-state index contributed by atoms with van der Waals surface area (Å²) >= 11 is 0. The molecule has 2 aromatic carbocycles. The lowest BCUT2D eigenvalue weighted by Crippen LogP contribution is -2.38. The third kappa shape index (κ3) is 3.46. The van der Waals surface area contributed by atoms with Gasteiger partial charge in [0.1, 0.15) is 0 Å². The summed E-state index contributed by atoms with van der Waals surface area (Å²) in [6.07, 6.45) is 1.18. The van der Waals surface area contributed by atoms with E-state index in [0.717, 1.165) is 5.56 Å². The van der Waals surface area contributed by atoms with Gasteiger partial charge >= 0.3 is 0 Å². The molecule has 1 amide bonds. The molecule has 4 rings (SSSR count). The number of benzene rings is 2. The van der Waals surface area contributed by atoms with Crippen molar-refractivity contribution in [3.63, 3.8) is 0 Å². The number of phenols is 1. The summed E-state index contributed by atoms with van der Waals surface area (Å²) < 4.78 is 10.5. The number of carbonyl (C=O) groups is 2. The highest BCUT2D eigenvalue weighted by Gasteiger charge is 2.38. The van der Waals surface area contributed by atoms with Crippen LogP contribution in [0.2, 0.25) is 0 Å². The molecule has 1 heterocycles. The number of phenolic OH excluding ortho intramolecular Hbond substituents is 1. The van der Waals surface area contributed by atoms with Crippen molar-refractivity contribution in [1.82, 2.24) is 5.32 Å². The standard InChI is InChI=1S/C23H23NO5/c1-28-19-10-15(11-20(29-2)23(19)27)16-12-21(26)24-17-8-14(9-18(25)22(16)17)13-6-4-3-5-7-13/h3-7,10-11,14,16,27H,8-9,12H2,1-2H3,(H,24,26)/t14-,16+/m1/s1. The van der Waals surface area contributed by atoms with Gasteiger partial charge in [-0.05, 0) is 35.6 Å². The highest BCUT2D eigenvalue weighted by atomic mass is 16.5. The molecule has 2 atom stereocenters. The molecule has 1 aliphatic heterocycles. The number of carbonyl (C=O) groups excluding carboxylic acids is 2. The van der Waals surface area contributed by atoms with Gasteiger partial charge in [0.2, 0.25) is 11.7 Å². The number of nitrogens with one attached hydrogen (secondary N) is 1. The van der Waals surface area contributed by atoms with Gasteiger partial charge in [0.25, 0.3) is 0 Å². The van der Waals surface area contributed by atoms with Crippen LogP contribution >= 0.6 is 0 Å². The Morgan fingerprint density at radius 1 is 0.931 bits per heavy atom. The molecule has 2 aliphatic rings. The van der Waals surface area contributed by atoms with E-state index in [0.29, 0.717) is 29.7 Å². The maximum Gasteiger partial charge on any atom is 0.225 e. The van der Waals surface area contributed by atoms with Crippen molar-refractivity contribution in [3.8, 4) is 17.2 Å². The average Bonchev–Trinajstić information content (AvgIpc) is 2.73. The fraction of sp³-hybridized carbons (Fsp3) is 0.304. The van der Waals surface area contributed by atoms with Crippen LogP contribution in [0, 0.1) is 0 Å². The SMILES string of the molecule is COc1cc([C@@H]2CC(=O)NC3=C2C(=O)C[C@H](c2ccccc2)C3)cc(OC)c1O. The number of amides is 1.